The van der Waals surface area contributed by atoms with Gasteiger partial charge in [0.05, 0.1) is 10.4 Å². The van der Waals surface area contributed by atoms with E-state index in [-0.39, 0.29) is 12.1 Å². The van der Waals surface area contributed by atoms with E-state index in [2.05, 4.69) is 5.32 Å². The summed E-state index contributed by atoms with van der Waals surface area (Å²) in [4.78, 5) is 15.2. The molecule has 0 saturated heterocycles. The van der Waals surface area contributed by atoms with Crippen LogP contribution >= 0.6 is 22.9 Å². The van der Waals surface area contributed by atoms with Crippen molar-refractivity contribution in [3.8, 4) is 0 Å². The summed E-state index contributed by atoms with van der Waals surface area (Å²) in [7, 11) is 1.90. The normalized spacial score (nSPS) is 18.1. The van der Waals surface area contributed by atoms with Crippen molar-refractivity contribution < 1.29 is 4.79 Å². The summed E-state index contributed by atoms with van der Waals surface area (Å²) in [6.07, 6.45) is 6.03. The van der Waals surface area contributed by atoms with Crippen molar-refractivity contribution in [1.82, 2.24) is 10.2 Å². The van der Waals surface area contributed by atoms with E-state index >= 15 is 0 Å². The number of rotatable bonds is 3. The number of hydrogen-bond donors (Lipinski definition) is 1. The zero-order valence-corrected chi connectivity index (χ0v) is 13.1. The Bertz CT molecular complexity index is 429. The van der Waals surface area contributed by atoms with Crippen LogP contribution in [0.25, 0.3) is 0 Å². The minimum atomic E-state index is 0.0102. The maximum absolute atomic E-state index is 12.2. The molecule has 3 nitrogen and oxygen atoms in total. The fourth-order valence-electron chi connectivity index (χ4n) is 2.55. The summed E-state index contributed by atoms with van der Waals surface area (Å²) in [6, 6.07) is 4.26. The van der Waals surface area contributed by atoms with Gasteiger partial charge in [0, 0.05) is 18.0 Å². The zero-order valence-electron chi connectivity index (χ0n) is 11.5. The van der Waals surface area contributed by atoms with Gasteiger partial charge in [0.15, 0.2) is 0 Å². The molecule has 1 unspecified atom stereocenters. The van der Waals surface area contributed by atoms with Crippen molar-refractivity contribution in [1.29, 1.82) is 0 Å². The molecule has 0 spiro atoms. The topological polar surface area (TPSA) is 32.3 Å². The molecule has 1 atom stereocenters. The van der Waals surface area contributed by atoms with Gasteiger partial charge in [-0.25, -0.2) is 4.79 Å². The summed E-state index contributed by atoms with van der Waals surface area (Å²) in [5.74, 6) is 0. The Hall–Kier alpha value is -0.740. The SMILES string of the molecule is CC(NC(=O)N(C)C1CCCCC1)c1ccc(Cl)s1. The first-order valence-electron chi connectivity index (χ1n) is 6.86. The molecule has 1 N–H and O–H groups in total. The van der Waals surface area contributed by atoms with Crippen molar-refractivity contribution in [2.24, 2.45) is 0 Å². The Kier molecular flexibility index (Phi) is 5.11. The Morgan fingerprint density at radius 3 is 2.68 bits per heavy atom. The molecule has 1 aromatic rings. The Balaban J connectivity index is 1.89. The molecule has 0 aliphatic heterocycles. The van der Waals surface area contributed by atoms with Gasteiger partial charge in [-0.15, -0.1) is 11.3 Å². The number of hydrogen-bond acceptors (Lipinski definition) is 2. The summed E-state index contributed by atoms with van der Waals surface area (Å²) >= 11 is 7.44. The summed E-state index contributed by atoms with van der Waals surface area (Å²) in [5, 5.41) is 3.05. The van der Waals surface area contributed by atoms with E-state index in [1.54, 1.807) is 0 Å². The quantitative estimate of drug-likeness (QED) is 0.879. The van der Waals surface area contributed by atoms with E-state index in [0.29, 0.717) is 6.04 Å². The van der Waals surface area contributed by atoms with E-state index in [1.807, 2.05) is 31.0 Å². The van der Waals surface area contributed by atoms with Crippen molar-refractivity contribution >= 4 is 29.0 Å². The predicted molar refractivity (Wildman–Crippen MR) is 80.9 cm³/mol. The smallest absolute Gasteiger partial charge is 0.317 e. The number of urea groups is 1. The Labute approximate surface area is 123 Å². The second-order valence-corrected chi connectivity index (χ2v) is 6.96. The molecule has 1 saturated carbocycles. The predicted octanol–water partition coefficient (Wildman–Crippen LogP) is 4.44. The minimum absolute atomic E-state index is 0.0102. The van der Waals surface area contributed by atoms with Crippen molar-refractivity contribution in [2.75, 3.05) is 7.05 Å². The van der Waals surface area contributed by atoms with E-state index in [1.165, 1.54) is 30.6 Å². The standard InChI is InChI=1S/C14H21ClN2OS/c1-10(12-8-9-13(15)19-12)16-14(18)17(2)11-6-4-3-5-7-11/h8-11H,3-7H2,1-2H3,(H,16,18). The maximum atomic E-state index is 12.2. The number of nitrogens with zero attached hydrogens (tertiary/aromatic N) is 1. The van der Waals surface area contributed by atoms with Crippen molar-refractivity contribution in [3.05, 3.63) is 21.3 Å². The molecule has 0 bridgehead atoms. The van der Waals surface area contributed by atoms with E-state index in [4.69, 9.17) is 11.6 Å². The molecule has 106 valence electrons. The molecular weight excluding hydrogens is 280 g/mol. The zero-order chi connectivity index (χ0) is 13.8. The monoisotopic (exact) mass is 300 g/mol. The highest BCUT2D eigenvalue weighted by molar-refractivity contribution is 7.16. The van der Waals surface area contributed by atoms with Crippen LogP contribution in [0.1, 0.15) is 49.9 Å². The lowest BCUT2D eigenvalue weighted by Crippen LogP contribution is -2.44. The number of amides is 2. The van der Waals surface area contributed by atoms with Gasteiger partial charge in [-0.3, -0.25) is 0 Å². The van der Waals surface area contributed by atoms with Gasteiger partial charge in [-0.1, -0.05) is 30.9 Å². The number of carbonyl (C=O) groups is 1. The molecule has 19 heavy (non-hydrogen) atoms. The van der Waals surface area contributed by atoms with Gasteiger partial charge in [0.25, 0.3) is 0 Å². The highest BCUT2D eigenvalue weighted by Crippen LogP contribution is 2.27. The van der Waals surface area contributed by atoms with E-state index in [0.717, 1.165) is 22.1 Å². The van der Waals surface area contributed by atoms with Gasteiger partial charge in [-0.05, 0) is 31.9 Å². The van der Waals surface area contributed by atoms with Gasteiger partial charge in [0.1, 0.15) is 0 Å². The molecular formula is C14H21ClN2OS. The lowest BCUT2D eigenvalue weighted by Gasteiger charge is -2.32. The number of nitrogens with one attached hydrogen (secondary N) is 1. The molecule has 2 amide bonds. The maximum Gasteiger partial charge on any atom is 0.317 e. The first kappa shape index (κ1) is 14.7. The van der Waals surface area contributed by atoms with Gasteiger partial charge < -0.3 is 10.2 Å². The van der Waals surface area contributed by atoms with Gasteiger partial charge in [-0.2, -0.15) is 0 Å². The molecule has 0 aromatic carbocycles. The second kappa shape index (κ2) is 6.62. The van der Waals surface area contributed by atoms with Crippen LogP contribution in [-0.2, 0) is 0 Å². The van der Waals surface area contributed by atoms with Crippen LogP contribution in [0.5, 0.6) is 0 Å². The fourth-order valence-corrected chi connectivity index (χ4v) is 3.62. The minimum Gasteiger partial charge on any atom is -0.331 e. The van der Waals surface area contributed by atoms with Crippen LogP contribution in [0.15, 0.2) is 12.1 Å². The number of halogens is 1. The molecule has 1 fully saturated rings. The lowest BCUT2D eigenvalue weighted by atomic mass is 9.95. The second-order valence-electron chi connectivity index (χ2n) is 5.22. The van der Waals surface area contributed by atoms with Crippen LogP contribution in [0.3, 0.4) is 0 Å². The number of carbonyl (C=O) groups excluding carboxylic acids is 1. The van der Waals surface area contributed by atoms with Crippen LogP contribution < -0.4 is 5.32 Å². The fraction of sp³-hybridized carbons (Fsp3) is 0.643. The average Bonchev–Trinajstić information content (AvgIpc) is 2.85. The average molecular weight is 301 g/mol. The first-order valence-corrected chi connectivity index (χ1v) is 8.06. The molecule has 1 heterocycles. The van der Waals surface area contributed by atoms with Crippen LogP contribution in [0.2, 0.25) is 4.34 Å². The third-order valence-corrected chi connectivity index (χ3v) is 5.22. The van der Waals surface area contributed by atoms with Crippen molar-refractivity contribution in [3.63, 3.8) is 0 Å². The highest BCUT2D eigenvalue weighted by atomic mass is 35.5. The van der Waals surface area contributed by atoms with Crippen molar-refractivity contribution in [2.45, 2.75) is 51.1 Å². The third kappa shape index (κ3) is 3.86. The third-order valence-electron chi connectivity index (χ3n) is 3.80. The summed E-state index contributed by atoms with van der Waals surface area (Å²) < 4.78 is 0.761. The van der Waals surface area contributed by atoms with Gasteiger partial charge >= 0.3 is 6.03 Å². The summed E-state index contributed by atoms with van der Waals surface area (Å²) in [6.45, 7) is 1.99. The molecule has 1 aliphatic carbocycles. The molecule has 0 radical (unpaired) electrons. The number of thiophene rings is 1. The molecule has 1 aliphatic rings. The van der Waals surface area contributed by atoms with Gasteiger partial charge in [0.2, 0.25) is 0 Å². The largest absolute Gasteiger partial charge is 0.331 e. The first-order chi connectivity index (χ1) is 9.08. The molecule has 2 rings (SSSR count). The van der Waals surface area contributed by atoms with Crippen LogP contribution in [0, 0.1) is 0 Å². The Morgan fingerprint density at radius 1 is 1.42 bits per heavy atom. The van der Waals surface area contributed by atoms with Crippen LogP contribution in [0.4, 0.5) is 4.79 Å². The summed E-state index contributed by atoms with van der Waals surface area (Å²) in [5.41, 5.74) is 0. The van der Waals surface area contributed by atoms with Crippen LogP contribution in [-0.4, -0.2) is 24.0 Å². The Morgan fingerprint density at radius 2 is 2.11 bits per heavy atom. The van der Waals surface area contributed by atoms with E-state index in [9.17, 15) is 4.79 Å². The molecule has 1 aromatic heterocycles. The molecule has 5 heteroatoms. The highest BCUT2D eigenvalue weighted by Gasteiger charge is 2.23. The lowest BCUT2D eigenvalue weighted by molar-refractivity contribution is 0.171. The van der Waals surface area contributed by atoms with E-state index < -0.39 is 0 Å².